The van der Waals surface area contributed by atoms with Crippen molar-refractivity contribution in [3.63, 3.8) is 0 Å². The lowest BCUT2D eigenvalue weighted by Gasteiger charge is -2.28. The van der Waals surface area contributed by atoms with Gasteiger partial charge < -0.3 is 11.1 Å². The minimum atomic E-state index is -3.76. The number of halogens is 1. The average molecular weight is 410 g/mol. The number of amides is 2. The van der Waals surface area contributed by atoms with Gasteiger partial charge in [0, 0.05) is 16.3 Å². The minimum absolute atomic E-state index is 0.273. The monoisotopic (exact) mass is 409 g/mol. The van der Waals surface area contributed by atoms with Crippen LogP contribution in [0.15, 0.2) is 42.5 Å². The van der Waals surface area contributed by atoms with Crippen LogP contribution in [-0.2, 0) is 14.8 Å². The molecule has 2 amide bonds. The molecule has 3 N–H and O–H groups in total. The molecule has 1 unspecified atom stereocenters. The molecule has 0 saturated carbocycles. The zero-order chi connectivity index (χ0) is 20.4. The zero-order valence-corrected chi connectivity index (χ0v) is 16.6. The third kappa shape index (κ3) is 4.78. The summed E-state index contributed by atoms with van der Waals surface area (Å²) in [5.74, 6) is -1.18. The molecular formula is C18H20ClN3O4S. The van der Waals surface area contributed by atoms with Crippen LogP contribution in [0.3, 0.4) is 0 Å². The Bertz CT molecular complexity index is 992. The number of nitrogens with two attached hydrogens (primary N) is 1. The molecular weight excluding hydrogens is 390 g/mol. The zero-order valence-electron chi connectivity index (χ0n) is 15.1. The number of benzene rings is 2. The lowest BCUT2D eigenvalue weighted by atomic mass is 10.1. The highest BCUT2D eigenvalue weighted by molar-refractivity contribution is 7.92. The van der Waals surface area contributed by atoms with Crippen molar-refractivity contribution >= 4 is 44.8 Å². The summed E-state index contributed by atoms with van der Waals surface area (Å²) in [5.41, 5.74) is 6.74. The van der Waals surface area contributed by atoms with Crippen molar-refractivity contribution in [2.45, 2.75) is 19.9 Å². The molecule has 0 spiro atoms. The standard InChI is InChI=1S/C18H20ClN3O4S/c1-11-15(17(20)23)8-5-9-16(11)21-18(24)12(2)22(27(3,25)26)14-7-4-6-13(19)10-14/h4-10,12H,1-3H3,(H2,20,23)(H,21,24). The van der Waals surface area contributed by atoms with Gasteiger partial charge in [0.15, 0.2) is 0 Å². The Morgan fingerprint density at radius 1 is 1.19 bits per heavy atom. The van der Waals surface area contributed by atoms with Gasteiger partial charge in [0.05, 0.1) is 11.9 Å². The number of carbonyl (C=O) groups is 2. The highest BCUT2D eigenvalue weighted by Gasteiger charge is 2.29. The SMILES string of the molecule is Cc1c(NC(=O)C(C)N(c2cccc(Cl)c2)S(C)(=O)=O)cccc1C(N)=O. The maximum Gasteiger partial charge on any atom is 0.249 e. The van der Waals surface area contributed by atoms with Gasteiger partial charge in [-0.05, 0) is 49.7 Å². The predicted octanol–water partition coefficient (Wildman–Crippen LogP) is 2.54. The van der Waals surface area contributed by atoms with Crippen molar-refractivity contribution in [1.29, 1.82) is 0 Å². The first-order valence-electron chi connectivity index (χ1n) is 7.97. The van der Waals surface area contributed by atoms with Crippen LogP contribution >= 0.6 is 11.6 Å². The Hall–Kier alpha value is -2.58. The van der Waals surface area contributed by atoms with Gasteiger partial charge >= 0.3 is 0 Å². The first-order valence-corrected chi connectivity index (χ1v) is 10.2. The Labute approximate surface area is 163 Å². The number of hydrogen-bond acceptors (Lipinski definition) is 4. The molecule has 0 aromatic heterocycles. The second kappa shape index (κ2) is 7.98. The fraction of sp³-hybridized carbons (Fsp3) is 0.222. The fourth-order valence-corrected chi connectivity index (χ4v) is 4.05. The van der Waals surface area contributed by atoms with Gasteiger partial charge in [-0.3, -0.25) is 13.9 Å². The minimum Gasteiger partial charge on any atom is -0.366 e. The Balaban J connectivity index is 2.37. The van der Waals surface area contributed by atoms with E-state index in [0.717, 1.165) is 10.6 Å². The summed E-state index contributed by atoms with van der Waals surface area (Å²) in [6.45, 7) is 3.11. The number of carbonyl (C=O) groups excluding carboxylic acids is 2. The lowest BCUT2D eigenvalue weighted by molar-refractivity contribution is -0.116. The van der Waals surface area contributed by atoms with Gasteiger partial charge in [-0.1, -0.05) is 23.7 Å². The van der Waals surface area contributed by atoms with Crippen molar-refractivity contribution in [1.82, 2.24) is 0 Å². The highest BCUT2D eigenvalue weighted by Crippen LogP contribution is 2.25. The van der Waals surface area contributed by atoms with E-state index < -0.39 is 27.9 Å². The summed E-state index contributed by atoms with van der Waals surface area (Å²) in [4.78, 5) is 24.2. The van der Waals surface area contributed by atoms with E-state index in [1.807, 2.05) is 0 Å². The largest absolute Gasteiger partial charge is 0.366 e. The number of primary amides is 1. The topological polar surface area (TPSA) is 110 Å². The smallest absolute Gasteiger partial charge is 0.249 e. The van der Waals surface area contributed by atoms with Crippen LogP contribution in [0, 0.1) is 6.92 Å². The van der Waals surface area contributed by atoms with E-state index in [1.165, 1.54) is 13.0 Å². The van der Waals surface area contributed by atoms with Gasteiger partial charge in [0.2, 0.25) is 21.8 Å². The normalized spacial score (nSPS) is 12.3. The molecule has 144 valence electrons. The molecule has 1 atom stereocenters. The molecule has 0 saturated heterocycles. The fourth-order valence-electron chi connectivity index (χ4n) is 2.70. The second-order valence-electron chi connectivity index (χ2n) is 6.05. The first-order chi connectivity index (χ1) is 12.5. The molecule has 0 aliphatic rings. The maximum atomic E-state index is 12.7. The van der Waals surface area contributed by atoms with Crippen LogP contribution in [0.1, 0.15) is 22.8 Å². The quantitative estimate of drug-likeness (QED) is 0.763. The van der Waals surface area contributed by atoms with E-state index in [2.05, 4.69) is 5.32 Å². The summed E-state index contributed by atoms with van der Waals surface area (Å²) >= 11 is 5.96. The van der Waals surface area contributed by atoms with Crippen LogP contribution in [0.2, 0.25) is 5.02 Å². The van der Waals surface area contributed by atoms with Crippen molar-refractivity contribution < 1.29 is 18.0 Å². The van der Waals surface area contributed by atoms with Crippen LogP contribution in [0.25, 0.3) is 0 Å². The molecule has 0 bridgehead atoms. The summed E-state index contributed by atoms with van der Waals surface area (Å²) in [7, 11) is -3.76. The maximum absolute atomic E-state index is 12.7. The van der Waals surface area contributed by atoms with Crippen LogP contribution in [-0.4, -0.2) is 32.5 Å². The van der Waals surface area contributed by atoms with E-state index in [9.17, 15) is 18.0 Å². The van der Waals surface area contributed by atoms with Gasteiger partial charge in [-0.2, -0.15) is 0 Å². The molecule has 2 rings (SSSR count). The molecule has 9 heteroatoms. The van der Waals surface area contributed by atoms with Gasteiger partial charge in [-0.25, -0.2) is 8.42 Å². The Morgan fingerprint density at radius 3 is 2.37 bits per heavy atom. The molecule has 7 nitrogen and oxygen atoms in total. The number of rotatable bonds is 6. The predicted molar refractivity (Wildman–Crippen MR) is 107 cm³/mol. The van der Waals surface area contributed by atoms with E-state index in [4.69, 9.17) is 17.3 Å². The summed E-state index contributed by atoms with van der Waals surface area (Å²) < 4.78 is 25.6. The van der Waals surface area contributed by atoms with E-state index >= 15 is 0 Å². The number of hydrogen-bond donors (Lipinski definition) is 2. The summed E-state index contributed by atoms with van der Waals surface area (Å²) in [6, 6.07) is 9.90. The molecule has 0 radical (unpaired) electrons. The van der Waals surface area contributed by atoms with Crippen molar-refractivity contribution in [3.05, 3.63) is 58.6 Å². The third-order valence-corrected chi connectivity index (χ3v) is 5.49. The van der Waals surface area contributed by atoms with Crippen molar-refractivity contribution in [2.75, 3.05) is 15.9 Å². The average Bonchev–Trinajstić information content (AvgIpc) is 2.55. The van der Waals surface area contributed by atoms with Gasteiger partial charge in [-0.15, -0.1) is 0 Å². The van der Waals surface area contributed by atoms with Crippen molar-refractivity contribution in [2.24, 2.45) is 5.73 Å². The third-order valence-electron chi connectivity index (χ3n) is 4.01. The van der Waals surface area contributed by atoms with Crippen LogP contribution in [0.5, 0.6) is 0 Å². The Kier molecular flexibility index (Phi) is 6.12. The molecule has 0 fully saturated rings. The van der Waals surface area contributed by atoms with Crippen LogP contribution < -0.4 is 15.4 Å². The molecule has 2 aromatic carbocycles. The van der Waals surface area contributed by atoms with Crippen molar-refractivity contribution in [3.8, 4) is 0 Å². The van der Waals surface area contributed by atoms with E-state index in [0.29, 0.717) is 16.3 Å². The molecule has 2 aromatic rings. The highest BCUT2D eigenvalue weighted by atomic mass is 35.5. The molecule has 0 aliphatic carbocycles. The molecule has 27 heavy (non-hydrogen) atoms. The lowest BCUT2D eigenvalue weighted by Crippen LogP contribution is -2.45. The molecule has 0 heterocycles. The molecule has 0 aliphatic heterocycles. The number of anilines is 2. The Morgan fingerprint density at radius 2 is 1.81 bits per heavy atom. The summed E-state index contributed by atoms with van der Waals surface area (Å²) in [5, 5.41) is 3.00. The van der Waals surface area contributed by atoms with Gasteiger partial charge in [0.25, 0.3) is 0 Å². The van der Waals surface area contributed by atoms with E-state index in [1.54, 1.807) is 43.3 Å². The van der Waals surface area contributed by atoms with E-state index in [-0.39, 0.29) is 11.3 Å². The second-order valence-corrected chi connectivity index (χ2v) is 8.34. The van der Waals surface area contributed by atoms with Crippen LogP contribution in [0.4, 0.5) is 11.4 Å². The van der Waals surface area contributed by atoms with Gasteiger partial charge in [0.1, 0.15) is 6.04 Å². The number of nitrogens with zero attached hydrogens (tertiary/aromatic N) is 1. The summed E-state index contributed by atoms with van der Waals surface area (Å²) in [6.07, 6.45) is 1.01. The first kappa shape index (κ1) is 20.7. The number of sulfonamides is 1. The number of nitrogens with one attached hydrogen (secondary N) is 1.